The van der Waals surface area contributed by atoms with Crippen LogP contribution in [0, 0.1) is 13.8 Å². The SMILES string of the molecule is C=CCOc1ccc(/C=C/C(=O)OCC(=O)Nc2cc(C)cc(C)c2)cc1OC. The number of amides is 1. The molecule has 0 spiro atoms. The quantitative estimate of drug-likeness (QED) is 0.394. The van der Waals surface area contributed by atoms with E-state index in [4.69, 9.17) is 14.2 Å². The fourth-order valence-electron chi connectivity index (χ4n) is 2.65. The Balaban J connectivity index is 1.88. The van der Waals surface area contributed by atoms with Gasteiger partial charge in [-0.2, -0.15) is 0 Å². The fourth-order valence-corrected chi connectivity index (χ4v) is 2.65. The smallest absolute Gasteiger partial charge is 0.331 e. The van der Waals surface area contributed by atoms with Crippen LogP contribution in [0.3, 0.4) is 0 Å². The Morgan fingerprint density at radius 2 is 1.79 bits per heavy atom. The van der Waals surface area contributed by atoms with E-state index in [2.05, 4.69) is 11.9 Å². The zero-order valence-corrected chi connectivity index (χ0v) is 16.9. The molecule has 0 atom stereocenters. The van der Waals surface area contributed by atoms with E-state index in [1.165, 1.54) is 13.2 Å². The van der Waals surface area contributed by atoms with Crippen LogP contribution >= 0.6 is 0 Å². The van der Waals surface area contributed by atoms with E-state index in [9.17, 15) is 9.59 Å². The summed E-state index contributed by atoms with van der Waals surface area (Å²) in [6, 6.07) is 11.0. The highest BCUT2D eigenvalue weighted by Crippen LogP contribution is 2.28. The molecule has 6 heteroatoms. The number of aryl methyl sites for hydroxylation is 2. The summed E-state index contributed by atoms with van der Waals surface area (Å²) in [7, 11) is 1.53. The number of nitrogens with one attached hydrogen (secondary N) is 1. The lowest BCUT2D eigenvalue weighted by molar-refractivity contribution is -0.142. The highest BCUT2D eigenvalue weighted by molar-refractivity contribution is 5.94. The summed E-state index contributed by atoms with van der Waals surface area (Å²) >= 11 is 0. The van der Waals surface area contributed by atoms with Crippen LogP contribution < -0.4 is 14.8 Å². The van der Waals surface area contributed by atoms with Gasteiger partial charge < -0.3 is 19.5 Å². The summed E-state index contributed by atoms with van der Waals surface area (Å²) in [6.07, 6.45) is 4.46. The molecule has 0 bridgehead atoms. The van der Waals surface area contributed by atoms with Gasteiger partial charge in [0.25, 0.3) is 5.91 Å². The molecule has 6 nitrogen and oxygen atoms in total. The number of ether oxygens (including phenoxy) is 3. The van der Waals surface area contributed by atoms with E-state index < -0.39 is 11.9 Å². The van der Waals surface area contributed by atoms with Crippen LogP contribution in [-0.4, -0.2) is 32.2 Å². The zero-order chi connectivity index (χ0) is 21.2. The standard InChI is InChI=1S/C23H25NO5/c1-5-10-28-20-8-6-18(14-21(20)27-4)7-9-23(26)29-15-22(25)24-19-12-16(2)11-17(3)13-19/h5-9,11-14H,1,10,15H2,2-4H3,(H,24,25)/b9-7+. The maximum atomic E-state index is 12.0. The third kappa shape index (κ3) is 7.18. The molecule has 0 saturated heterocycles. The second kappa shape index (κ2) is 10.7. The minimum Gasteiger partial charge on any atom is -0.493 e. The number of methoxy groups -OCH3 is 1. The van der Waals surface area contributed by atoms with Crippen molar-refractivity contribution in [1.29, 1.82) is 0 Å². The number of rotatable bonds is 9. The van der Waals surface area contributed by atoms with Crippen molar-refractivity contribution < 1.29 is 23.8 Å². The third-order valence-electron chi connectivity index (χ3n) is 3.81. The molecule has 0 radical (unpaired) electrons. The Labute approximate surface area is 170 Å². The van der Waals surface area contributed by atoms with E-state index >= 15 is 0 Å². The van der Waals surface area contributed by atoms with Gasteiger partial charge in [0, 0.05) is 11.8 Å². The predicted octanol–water partition coefficient (Wildman–Crippen LogP) is 4.07. The van der Waals surface area contributed by atoms with Crippen molar-refractivity contribution in [3.05, 3.63) is 71.8 Å². The highest BCUT2D eigenvalue weighted by atomic mass is 16.5. The second-order valence-electron chi connectivity index (χ2n) is 6.38. The summed E-state index contributed by atoms with van der Waals surface area (Å²) in [4.78, 5) is 23.9. The number of carbonyl (C=O) groups excluding carboxylic acids is 2. The van der Waals surface area contributed by atoms with Gasteiger partial charge in [-0.05, 0) is 60.9 Å². The minimum absolute atomic E-state index is 0.363. The summed E-state index contributed by atoms with van der Waals surface area (Å²) in [5, 5.41) is 2.71. The average molecular weight is 395 g/mol. The van der Waals surface area contributed by atoms with Crippen LogP contribution in [-0.2, 0) is 14.3 Å². The zero-order valence-electron chi connectivity index (χ0n) is 16.9. The highest BCUT2D eigenvalue weighted by Gasteiger charge is 2.07. The van der Waals surface area contributed by atoms with Crippen LogP contribution in [0.1, 0.15) is 16.7 Å². The third-order valence-corrected chi connectivity index (χ3v) is 3.81. The molecule has 1 N–H and O–H groups in total. The van der Waals surface area contributed by atoms with E-state index in [0.717, 1.165) is 16.7 Å². The summed E-state index contributed by atoms with van der Waals surface area (Å²) < 4.78 is 15.7. The molecule has 0 aliphatic rings. The molecule has 152 valence electrons. The van der Waals surface area contributed by atoms with Gasteiger partial charge in [0.15, 0.2) is 18.1 Å². The molecule has 0 aromatic heterocycles. The second-order valence-corrected chi connectivity index (χ2v) is 6.38. The van der Waals surface area contributed by atoms with E-state index in [-0.39, 0.29) is 6.61 Å². The molecule has 0 saturated carbocycles. The average Bonchev–Trinajstić information content (AvgIpc) is 2.68. The van der Waals surface area contributed by atoms with Crippen LogP contribution in [0.5, 0.6) is 11.5 Å². The Hall–Kier alpha value is -3.54. The normalized spacial score (nSPS) is 10.4. The molecule has 0 aliphatic carbocycles. The van der Waals surface area contributed by atoms with Crippen LogP contribution in [0.2, 0.25) is 0 Å². The molecule has 0 aliphatic heterocycles. The molecule has 2 rings (SSSR count). The van der Waals surface area contributed by atoms with Crippen molar-refractivity contribution in [2.45, 2.75) is 13.8 Å². The maximum Gasteiger partial charge on any atom is 0.331 e. The molecule has 29 heavy (non-hydrogen) atoms. The lowest BCUT2D eigenvalue weighted by Crippen LogP contribution is -2.20. The van der Waals surface area contributed by atoms with Crippen molar-refractivity contribution >= 4 is 23.6 Å². The van der Waals surface area contributed by atoms with Crippen molar-refractivity contribution in [3.63, 3.8) is 0 Å². The lowest BCUT2D eigenvalue weighted by atomic mass is 10.1. The molecule has 2 aromatic carbocycles. The molecule has 1 amide bonds. The summed E-state index contributed by atoms with van der Waals surface area (Å²) in [5.74, 6) is 0.0963. The number of benzene rings is 2. The molecular formula is C23H25NO5. The Morgan fingerprint density at radius 1 is 1.07 bits per heavy atom. The van der Waals surface area contributed by atoms with E-state index in [0.29, 0.717) is 23.8 Å². The van der Waals surface area contributed by atoms with Crippen LogP contribution in [0.4, 0.5) is 5.69 Å². The topological polar surface area (TPSA) is 73.9 Å². The monoisotopic (exact) mass is 395 g/mol. The fraction of sp³-hybridized carbons (Fsp3) is 0.217. The summed E-state index contributed by atoms with van der Waals surface area (Å²) in [6.45, 7) is 7.49. The van der Waals surface area contributed by atoms with Gasteiger partial charge in [0.1, 0.15) is 6.61 Å². The van der Waals surface area contributed by atoms with Gasteiger partial charge in [-0.25, -0.2) is 4.79 Å². The maximum absolute atomic E-state index is 12.0. The number of hydrogen-bond donors (Lipinski definition) is 1. The molecular weight excluding hydrogens is 370 g/mol. The molecule has 2 aromatic rings. The Morgan fingerprint density at radius 3 is 2.45 bits per heavy atom. The largest absolute Gasteiger partial charge is 0.493 e. The lowest BCUT2D eigenvalue weighted by Gasteiger charge is -2.09. The number of carbonyl (C=O) groups is 2. The number of esters is 1. The Kier molecular flexibility index (Phi) is 8.03. The summed E-state index contributed by atoms with van der Waals surface area (Å²) in [5.41, 5.74) is 3.47. The van der Waals surface area contributed by atoms with Gasteiger partial charge >= 0.3 is 5.97 Å². The first-order valence-corrected chi connectivity index (χ1v) is 9.06. The van der Waals surface area contributed by atoms with Crippen LogP contribution in [0.25, 0.3) is 6.08 Å². The van der Waals surface area contributed by atoms with Crippen molar-refractivity contribution in [1.82, 2.24) is 0 Å². The number of hydrogen-bond acceptors (Lipinski definition) is 5. The van der Waals surface area contributed by atoms with E-state index in [1.54, 1.807) is 30.4 Å². The first-order valence-electron chi connectivity index (χ1n) is 9.06. The Bertz CT molecular complexity index is 897. The predicted molar refractivity (Wildman–Crippen MR) is 113 cm³/mol. The minimum atomic E-state index is -0.619. The van der Waals surface area contributed by atoms with Gasteiger partial charge in [-0.1, -0.05) is 24.8 Å². The molecule has 0 unspecified atom stereocenters. The molecule has 0 heterocycles. The van der Waals surface area contributed by atoms with Gasteiger partial charge in [-0.3, -0.25) is 4.79 Å². The van der Waals surface area contributed by atoms with Gasteiger partial charge in [0.05, 0.1) is 7.11 Å². The van der Waals surface area contributed by atoms with Gasteiger partial charge in [-0.15, -0.1) is 0 Å². The van der Waals surface area contributed by atoms with Crippen molar-refractivity contribution in [2.75, 3.05) is 25.6 Å². The van der Waals surface area contributed by atoms with E-state index in [1.807, 2.05) is 32.0 Å². The van der Waals surface area contributed by atoms with Crippen molar-refractivity contribution in [3.8, 4) is 11.5 Å². The first-order chi connectivity index (χ1) is 13.9. The van der Waals surface area contributed by atoms with Gasteiger partial charge in [0.2, 0.25) is 0 Å². The molecule has 0 fully saturated rings. The van der Waals surface area contributed by atoms with Crippen LogP contribution in [0.15, 0.2) is 55.1 Å². The van der Waals surface area contributed by atoms with Crippen molar-refractivity contribution in [2.24, 2.45) is 0 Å². The first kappa shape index (κ1) is 21.8. The number of anilines is 1.